The van der Waals surface area contributed by atoms with Gasteiger partial charge in [0.05, 0.1) is 0 Å². The standard InChI is InChI=1S/C8H13F3O2/c1-2-3-4-5-7(12)13-6-8(9,10)11/h2-6H2,1H3. The molecule has 0 unspecified atom stereocenters. The van der Waals surface area contributed by atoms with Gasteiger partial charge in [-0.05, 0) is 6.42 Å². The molecule has 0 amide bonds. The van der Waals surface area contributed by atoms with Gasteiger partial charge in [-0.3, -0.25) is 4.79 Å². The van der Waals surface area contributed by atoms with E-state index in [0.29, 0.717) is 6.42 Å². The van der Waals surface area contributed by atoms with Crippen LogP contribution in [0.25, 0.3) is 0 Å². The largest absolute Gasteiger partial charge is 0.456 e. The first-order valence-electron chi connectivity index (χ1n) is 4.18. The summed E-state index contributed by atoms with van der Waals surface area (Å²) in [7, 11) is 0. The fraction of sp³-hybridized carbons (Fsp3) is 0.875. The van der Waals surface area contributed by atoms with E-state index < -0.39 is 18.8 Å². The van der Waals surface area contributed by atoms with Crippen LogP contribution in [0, 0.1) is 0 Å². The molecule has 0 aromatic carbocycles. The van der Waals surface area contributed by atoms with E-state index >= 15 is 0 Å². The lowest BCUT2D eigenvalue weighted by molar-refractivity contribution is -0.186. The van der Waals surface area contributed by atoms with Crippen LogP contribution in [0.2, 0.25) is 0 Å². The van der Waals surface area contributed by atoms with Gasteiger partial charge in [-0.1, -0.05) is 19.8 Å². The van der Waals surface area contributed by atoms with E-state index in [-0.39, 0.29) is 6.42 Å². The van der Waals surface area contributed by atoms with Crippen molar-refractivity contribution in [2.75, 3.05) is 6.61 Å². The van der Waals surface area contributed by atoms with Gasteiger partial charge in [0.1, 0.15) is 0 Å². The molecule has 0 radical (unpaired) electrons. The van der Waals surface area contributed by atoms with Crippen LogP contribution in [0.1, 0.15) is 32.6 Å². The van der Waals surface area contributed by atoms with E-state index in [9.17, 15) is 18.0 Å². The minimum absolute atomic E-state index is 0.0733. The molecule has 0 aliphatic rings. The molecule has 0 spiro atoms. The molecule has 0 atom stereocenters. The first-order chi connectivity index (χ1) is 5.95. The molecule has 0 saturated heterocycles. The second-order valence-corrected chi connectivity index (χ2v) is 2.73. The minimum Gasteiger partial charge on any atom is -0.456 e. The molecule has 0 rings (SSSR count). The number of hydrogen-bond donors (Lipinski definition) is 0. The summed E-state index contributed by atoms with van der Waals surface area (Å²) in [6.45, 7) is 0.471. The molecule has 0 aliphatic carbocycles. The zero-order chi connectivity index (χ0) is 10.3. The average Bonchev–Trinajstić information content (AvgIpc) is 2.00. The molecule has 5 heteroatoms. The third-order valence-electron chi connectivity index (χ3n) is 1.38. The maximum Gasteiger partial charge on any atom is 0.422 e. The second-order valence-electron chi connectivity index (χ2n) is 2.73. The van der Waals surface area contributed by atoms with Crippen LogP contribution < -0.4 is 0 Å². The van der Waals surface area contributed by atoms with Gasteiger partial charge >= 0.3 is 12.1 Å². The average molecular weight is 198 g/mol. The van der Waals surface area contributed by atoms with Gasteiger partial charge in [0.2, 0.25) is 0 Å². The minimum atomic E-state index is -4.42. The summed E-state index contributed by atoms with van der Waals surface area (Å²) in [6, 6.07) is 0. The molecule has 13 heavy (non-hydrogen) atoms. The third-order valence-corrected chi connectivity index (χ3v) is 1.38. The Morgan fingerprint density at radius 3 is 2.38 bits per heavy atom. The summed E-state index contributed by atoms with van der Waals surface area (Å²) in [5, 5.41) is 0. The molecule has 78 valence electrons. The number of carbonyl (C=O) groups excluding carboxylic acids is 1. The SMILES string of the molecule is CCCCCC(=O)OCC(F)(F)F. The van der Waals surface area contributed by atoms with E-state index in [1.807, 2.05) is 6.92 Å². The highest BCUT2D eigenvalue weighted by Gasteiger charge is 2.29. The van der Waals surface area contributed by atoms with Crippen LogP contribution in [-0.4, -0.2) is 18.8 Å². The maximum absolute atomic E-state index is 11.5. The van der Waals surface area contributed by atoms with E-state index in [2.05, 4.69) is 4.74 Å². The van der Waals surface area contributed by atoms with Gasteiger partial charge in [0, 0.05) is 6.42 Å². The Kier molecular flexibility index (Phi) is 5.50. The first kappa shape index (κ1) is 12.3. The summed E-state index contributed by atoms with van der Waals surface area (Å²) in [5.41, 5.74) is 0. The maximum atomic E-state index is 11.5. The Morgan fingerprint density at radius 1 is 1.31 bits per heavy atom. The van der Waals surface area contributed by atoms with Gasteiger partial charge in [0.15, 0.2) is 6.61 Å². The Bertz CT molecular complexity index is 154. The number of hydrogen-bond acceptors (Lipinski definition) is 2. The molecule has 0 saturated carbocycles. The predicted molar refractivity (Wildman–Crippen MR) is 41.2 cm³/mol. The number of alkyl halides is 3. The highest BCUT2D eigenvalue weighted by atomic mass is 19.4. The van der Waals surface area contributed by atoms with Gasteiger partial charge < -0.3 is 4.74 Å². The van der Waals surface area contributed by atoms with E-state index in [0.717, 1.165) is 12.8 Å². The van der Waals surface area contributed by atoms with E-state index in [1.165, 1.54) is 0 Å². The van der Waals surface area contributed by atoms with Crippen molar-refractivity contribution in [1.29, 1.82) is 0 Å². The van der Waals surface area contributed by atoms with Crippen LogP contribution >= 0.6 is 0 Å². The van der Waals surface area contributed by atoms with Crippen LogP contribution in [0.5, 0.6) is 0 Å². The van der Waals surface area contributed by atoms with Crippen LogP contribution in [0.4, 0.5) is 13.2 Å². The Balaban J connectivity index is 3.41. The summed E-state index contributed by atoms with van der Waals surface area (Å²) < 4.78 is 38.6. The smallest absolute Gasteiger partial charge is 0.422 e. The number of rotatable bonds is 5. The lowest BCUT2D eigenvalue weighted by Gasteiger charge is -2.07. The fourth-order valence-corrected chi connectivity index (χ4v) is 0.754. The number of ether oxygens (including phenoxy) is 1. The van der Waals surface area contributed by atoms with Crippen LogP contribution in [0.3, 0.4) is 0 Å². The van der Waals surface area contributed by atoms with Crippen molar-refractivity contribution in [2.24, 2.45) is 0 Å². The molecular weight excluding hydrogens is 185 g/mol. The zero-order valence-electron chi connectivity index (χ0n) is 7.49. The normalized spacial score (nSPS) is 11.4. The topological polar surface area (TPSA) is 26.3 Å². The van der Waals surface area contributed by atoms with Crippen LogP contribution in [0.15, 0.2) is 0 Å². The Hall–Kier alpha value is -0.740. The first-order valence-corrected chi connectivity index (χ1v) is 4.18. The van der Waals surface area contributed by atoms with Gasteiger partial charge in [-0.15, -0.1) is 0 Å². The van der Waals surface area contributed by atoms with Crippen molar-refractivity contribution in [3.63, 3.8) is 0 Å². The molecule has 0 heterocycles. The molecule has 0 aromatic rings. The number of unbranched alkanes of at least 4 members (excludes halogenated alkanes) is 2. The lowest BCUT2D eigenvalue weighted by Crippen LogP contribution is -2.20. The monoisotopic (exact) mass is 198 g/mol. The van der Waals surface area contributed by atoms with Crippen molar-refractivity contribution in [3.8, 4) is 0 Å². The van der Waals surface area contributed by atoms with Crippen molar-refractivity contribution in [3.05, 3.63) is 0 Å². The summed E-state index contributed by atoms with van der Waals surface area (Å²) >= 11 is 0. The van der Waals surface area contributed by atoms with Crippen molar-refractivity contribution < 1.29 is 22.7 Å². The molecular formula is C8H13F3O2. The third kappa shape index (κ3) is 9.17. The summed E-state index contributed by atoms with van der Waals surface area (Å²) in [6.07, 6.45) is -1.99. The van der Waals surface area contributed by atoms with Gasteiger partial charge in [-0.2, -0.15) is 13.2 Å². The van der Waals surface area contributed by atoms with E-state index in [1.54, 1.807) is 0 Å². The predicted octanol–water partition coefficient (Wildman–Crippen LogP) is 2.67. The summed E-state index contributed by atoms with van der Waals surface area (Å²) in [5.74, 6) is -0.772. The zero-order valence-corrected chi connectivity index (χ0v) is 7.49. The molecule has 0 fully saturated rings. The number of halogens is 3. The van der Waals surface area contributed by atoms with Gasteiger partial charge in [0.25, 0.3) is 0 Å². The lowest BCUT2D eigenvalue weighted by atomic mass is 10.2. The molecule has 0 aromatic heterocycles. The summed E-state index contributed by atoms with van der Waals surface area (Å²) in [4.78, 5) is 10.6. The fourth-order valence-electron chi connectivity index (χ4n) is 0.754. The van der Waals surface area contributed by atoms with Crippen molar-refractivity contribution >= 4 is 5.97 Å². The Morgan fingerprint density at radius 2 is 1.92 bits per heavy atom. The second kappa shape index (κ2) is 5.83. The van der Waals surface area contributed by atoms with E-state index in [4.69, 9.17) is 0 Å². The number of carbonyl (C=O) groups is 1. The Labute approximate surface area is 75.1 Å². The highest BCUT2D eigenvalue weighted by Crippen LogP contribution is 2.15. The van der Waals surface area contributed by atoms with Gasteiger partial charge in [-0.25, -0.2) is 0 Å². The highest BCUT2D eigenvalue weighted by molar-refractivity contribution is 5.69. The number of esters is 1. The van der Waals surface area contributed by atoms with Crippen molar-refractivity contribution in [2.45, 2.75) is 38.8 Å². The molecule has 2 nitrogen and oxygen atoms in total. The molecule has 0 N–H and O–H groups in total. The molecule has 0 aliphatic heterocycles. The van der Waals surface area contributed by atoms with Crippen molar-refractivity contribution in [1.82, 2.24) is 0 Å². The quantitative estimate of drug-likeness (QED) is 0.501. The van der Waals surface area contributed by atoms with Crippen LogP contribution in [-0.2, 0) is 9.53 Å². The molecule has 0 bridgehead atoms.